The van der Waals surface area contributed by atoms with Gasteiger partial charge in [-0.05, 0) is 30.3 Å². The van der Waals surface area contributed by atoms with Crippen LogP contribution in [-0.2, 0) is 11.3 Å². The fraction of sp³-hybridized carbons (Fsp3) is 0.150. The Morgan fingerprint density at radius 1 is 1.29 bits per heavy atom. The van der Waals surface area contributed by atoms with Crippen LogP contribution in [0, 0.1) is 5.82 Å². The Bertz CT molecular complexity index is 1090. The highest BCUT2D eigenvalue weighted by atomic mass is 35.5. The molecule has 1 heterocycles. The molecule has 0 saturated heterocycles. The standard InChI is InChI=1S/C20H16ClF3N4O2S/c1-2-9-28-18(13-5-3-4-6-15(13)22)26-27-20(28)31-11-17(29)25-12-7-8-16(14(21)10-12)30-19(23)24/h2-8,10,19H,1,9,11H2,(H,25,29). The molecule has 0 atom stereocenters. The minimum absolute atomic E-state index is 0.0283. The molecule has 2 aromatic carbocycles. The van der Waals surface area contributed by atoms with Crippen molar-refractivity contribution in [2.45, 2.75) is 18.3 Å². The van der Waals surface area contributed by atoms with Gasteiger partial charge in [0.25, 0.3) is 0 Å². The lowest BCUT2D eigenvalue weighted by Crippen LogP contribution is -2.15. The molecule has 1 N–H and O–H groups in total. The number of halogens is 4. The first-order valence-corrected chi connectivity index (χ1v) is 10.2. The summed E-state index contributed by atoms with van der Waals surface area (Å²) in [5, 5.41) is 11.1. The van der Waals surface area contributed by atoms with Gasteiger partial charge in [0.05, 0.1) is 16.3 Å². The molecule has 1 aromatic heterocycles. The molecule has 0 spiro atoms. The van der Waals surface area contributed by atoms with Gasteiger partial charge in [0, 0.05) is 12.2 Å². The van der Waals surface area contributed by atoms with Crippen molar-refractivity contribution >= 4 is 35.0 Å². The number of amides is 1. The van der Waals surface area contributed by atoms with E-state index in [1.54, 1.807) is 28.8 Å². The summed E-state index contributed by atoms with van der Waals surface area (Å²) < 4.78 is 44.7. The predicted molar refractivity (Wildman–Crippen MR) is 113 cm³/mol. The summed E-state index contributed by atoms with van der Waals surface area (Å²) in [6.07, 6.45) is 1.61. The van der Waals surface area contributed by atoms with E-state index in [0.29, 0.717) is 23.2 Å². The van der Waals surface area contributed by atoms with Crippen molar-refractivity contribution in [3.05, 3.63) is 66.0 Å². The van der Waals surface area contributed by atoms with E-state index in [0.717, 1.165) is 11.8 Å². The van der Waals surface area contributed by atoms with Crippen LogP contribution in [0.25, 0.3) is 11.4 Å². The van der Waals surface area contributed by atoms with E-state index in [-0.39, 0.29) is 28.0 Å². The van der Waals surface area contributed by atoms with Gasteiger partial charge in [-0.2, -0.15) is 8.78 Å². The van der Waals surface area contributed by atoms with Gasteiger partial charge in [-0.15, -0.1) is 16.8 Å². The largest absolute Gasteiger partial charge is 0.433 e. The number of benzene rings is 2. The number of hydrogen-bond acceptors (Lipinski definition) is 5. The number of carbonyl (C=O) groups excluding carboxylic acids is 1. The second-order valence-corrected chi connectivity index (χ2v) is 7.40. The molecule has 0 aliphatic rings. The van der Waals surface area contributed by atoms with Gasteiger partial charge >= 0.3 is 6.61 Å². The number of carbonyl (C=O) groups is 1. The molecule has 0 unspecified atom stereocenters. The van der Waals surface area contributed by atoms with E-state index in [4.69, 9.17) is 11.6 Å². The van der Waals surface area contributed by atoms with Gasteiger partial charge in [-0.25, -0.2) is 4.39 Å². The van der Waals surface area contributed by atoms with E-state index < -0.39 is 12.4 Å². The highest BCUT2D eigenvalue weighted by Gasteiger charge is 2.17. The summed E-state index contributed by atoms with van der Waals surface area (Å²) >= 11 is 6.98. The Morgan fingerprint density at radius 3 is 2.74 bits per heavy atom. The molecule has 11 heteroatoms. The molecular weight excluding hydrogens is 453 g/mol. The molecule has 162 valence electrons. The maximum Gasteiger partial charge on any atom is 0.387 e. The first kappa shape index (κ1) is 22.7. The maximum atomic E-state index is 14.2. The van der Waals surface area contributed by atoms with Gasteiger partial charge in [-0.3, -0.25) is 9.36 Å². The summed E-state index contributed by atoms with van der Waals surface area (Å²) in [6, 6.07) is 10.1. The minimum atomic E-state index is -3.00. The van der Waals surface area contributed by atoms with E-state index in [1.165, 1.54) is 24.3 Å². The smallest absolute Gasteiger partial charge is 0.387 e. The average molecular weight is 469 g/mol. The first-order chi connectivity index (χ1) is 14.9. The third-order valence-electron chi connectivity index (χ3n) is 3.91. The van der Waals surface area contributed by atoms with Crippen molar-refractivity contribution in [2.75, 3.05) is 11.1 Å². The van der Waals surface area contributed by atoms with Crippen LogP contribution in [0.1, 0.15) is 0 Å². The number of nitrogens with one attached hydrogen (secondary N) is 1. The number of alkyl halides is 2. The Balaban J connectivity index is 1.68. The maximum absolute atomic E-state index is 14.2. The molecule has 3 rings (SSSR count). The van der Waals surface area contributed by atoms with E-state index in [1.807, 2.05) is 0 Å². The van der Waals surface area contributed by atoms with Crippen LogP contribution >= 0.6 is 23.4 Å². The highest BCUT2D eigenvalue weighted by molar-refractivity contribution is 7.99. The van der Waals surface area contributed by atoms with Crippen molar-refractivity contribution in [2.24, 2.45) is 0 Å². The second kappa shape index (κ2) is 10.4. The van der Waals surface area contributed by atoms with Crippen LogP contribution in [-0.4, -0.2) is 33.0 Å². The molecule has 0 fully saturated rings. The monoisotopic (exact) mass is 468 g/mol. The molecule has 1 amide bonds. The van der Waals surface area contributed by atoms with Crippen LogP contribution in [0.5, 0.6) is 5.75 Å². The Morgan fingerprint density at radius 2 is 2.06 bits per heavy atom. The Labute approximate surface area is 185 Å². The summed E-state index contributed by atoms with van der Waals surface area (Å²) in [5.41, 5.74) is 0.603. The average Bonchev–Trinajstić information content (AvgIpc) is 3.11. The van der Waals surface area contributed by atoms with E-state index >= 15 is 0 Å². The Kier molecular flexibility index (Phi) is 7.59. The first-order valence-electron chi connectivity index (χ1n) is 8.85. The minimum Gasteiger partial charge on any atom is -0.433 e. The number of hydrogen-bond donors (Lipinski definition) is 1. The molecular formula is C20H16ClF3N4O2S. The lowest BCUT2D eigenvalue weighted by molar-refractivity contribution is -0.113. The third kappa shape index (κ3) is 5.80. The fourth-order valence-corrected chi connectivity index (χ4v) is 3.60. The van der Waals surface area contributed by atoms with Crippen molar-refractivity contribution < 1.29 is 22.7 Å². The highest BCUT2D eigenvalue weighted by Crippen LogP contribution is 2.29. The SMILES string of the molecule is C=CCn1c(SCC(=O)Nc2ccc(OC(F)F)c(Cl)c2)nnc1-c1ccccc1F. The van der Waals surface area contributed by atoms with Crippen LogP contribution in [0.3, 0.4) is 0 Å². The van der Waals surface area contributed by atoms with Gasteiger partial charge in [0.15, 0.2) is 11.0 Å². The van der Waals surface area contributed by atoms with Crippen LogP contribution < -0.4 is 10.1 Å². The van der Waals surface area contributed by atoms with E-state index in [9.17, 15) is 18.0 Å². The van der Waals surface area contributed by atoms with Crippen molar-refractivity contribution in [1.29, 1.82) is 0 Å². The zero-order valence-corrected chi connectivity index (χ0v) is 17.5. The van der Waals surface area contributed by atoms with Crippen LogP contribution in [0.2, 0.25) is 5.02 Å². The molecule has 3 aromatic rings. The normalized spacial score (nSPS) is 10.9. The molecule has 0 aliphatic heterocycles. The van der Waals surface area contributed by atoms with Crippen molar-refractivity contribution in [1.82, 2.24) is 14.8 Å². The number of aromatic nitrogens is 3. The molecule has 6 nitrogen and oxygen atoms in total. The third-order valence-corrected chi connectivity index (χ3v) is 5.17. The van der Waals surface area contributed by atoms with Crippen LogP contribution in [0.15, 0.2) is 60.3 Å². The van der Waals surface area contributed by atoms with E-state index in [2.05, 4.69) is 26.8 Å². The van der Waals surface area contributed by atoms with Gasteiger partial charge in [0.1, 0.15) is 11.6 Å². The van der Waals surface area contributed by atoms with Crippen LogP contribution in [0.4, 0.5) is 18.9 Å². The topological polar surface area (TPSA) is 69.0 Å². The summed E-state index contributed by atoms with van der Waals surface area (Å²) in [6.45, 7) is 1.01. The number of rotatable bonds is 9. The van der Waals surface area contributed by atoms with Gasteiger partial charge < -0.3 is 10.1 Å². The zero-order valence-electron chi connectivity index (χ0n) is 15.9. The number of anilines is 1. The molecule has 0 radical (unpaired) electrons. The number of ether oxygens (including phenoxy) is 1. The molecule has 0 aliphatic carbocycles. The summed E-state index contributed by atoms with van der Waals surface area (Å²) in [5.74, 6) is -0.723. The molecule has 31 heavy (non-hydrogen) atoms. The molecule has 0 bridgehead atoms. The lowest BCUT2D eigenvalue weighted by atomic mass is 10.2. The zero-order chi connectivity index (χ0) is 22.4. The fourth-order valence-electron chi connectivity index (χ4n) is 2.63. The number of nitrogens with zero attached hydrogens (tertiary/aromatic N) is 3. The molecule has 0 saturated carbocycles. The van der Waals surface area contributed by atoms with Crippen molar-refractivity contribution in [3.8, 4) is 17.1 Å². The predicted octanol–water partition coefficient (Wildman–Crippen LogP) is 5.26. The number of allylic oxidation sites excluding steroid dienone is 1. The quantitative estimate of drug-likeness (QED) is 0.343. The number of thioether (sulfide) groups is 1. The summed E-state index contributed by atoms with van der Waals surface area (Å²) in [7, 11) is 0. The van der Waals surface area contributed by atoms with Gasteiger partial charge in [0.2, 0.25) is 5.91 Å². The Hall–Kier alpha value is -2.98. The lowest BCUT2D eigenvalue weighted by Gasteiger charge is -2.10. The van der Waals surface area contributed by atoms with Gasteiger partial charge in [-0.1, -0.05) is 41.6 Å². The second-order valence-electron chi connectivity index (χ2n) is 6.05. The van der Waals surface area contributed by atoms with Crippen molar-refractivity contribution in [3.63, 3.8) is 0 Å². The summed E-state index contributed by atoms with van der Waals surface area (Å²) in [4.78, 5) is 12.3.